The summed E-state index contributed by atoms with van der Waals surface area (Å²) >= 11 is 0. The number of benzene rings is 1. The lowest BCUT2D eigenvalue weighted by Crippen LogP contribution is -2.36. The summed E-state index contributed by atoms with van der Waals surface area (Å²) in [5.41, 5.74) is 5.90. The van der Waals surface area contributed by atoms with Crippen molar-refractivity contribution >= 4 is 28.3 Å². The second-order valence-electron chi connectivity index (χ2n) is 7.09. The summed E-state index contributed by atoms with van der Waals surface area (Å²) in [5.74, 6) is 0. The number of dihydropyridines is 1. The molecule has 1 atom stereocenters. The molecule has 148 valence electrons. The zero-order valence-corrected chi connectivity index (χ0v) is 16.0. The molecule has 3 aromatic rings. The van der Waals surface area contributed by atoms with Gasteiger partial charge in [-0.25, -0.2) is 4.98 Å². The Bertz CT molecular complexity index is 1060. The van der Waals surface area contributed by atoms with E-state index < -0.39 is 6.23 Å². The molecule has 0 saturated carbocycles. The maximum absolute atomic E-state index is 9.84. The predicted molar refractivity (Wildman–Crippen MR) is 114 cm³/mol. The van der Waals surface area contributed by atoms with E-state index in [1.54, 1.807) is 18.5 Å². The molecule has 2 aromatic heterocycles. The molecule has 7 heteroatoms. The van der Waals surface area contributed by atoms with Gasteiger partial charge in [0, 0.05) is 42.4 Å². The second kappa shape index (κ2) is 7.62. The molecule has 0 amide bonds. The Balaban J connectivity index is 1.41. The van der Waals surface area contributed by atoms with Crippen LogP contribution in [0.4, 0.5) is 17.1 Å². The molecule has 7 nitrogen and oxygen atoms in total. The minimum Gasteiger partial charge on any atom is -0.378 e. The fourth-order valence-electron chi connectivity index (χ4n) is 3.76. The Hall–Kier alpha value is -3.29. The molecule has 1 aromatic carbocycles. The van der Waals surface area contributed by atoms with Gasteiger partial charge >= 0.3 is 0 Å². The van der Waals surface area contributed by atoms with Crippen LogP contribution < -0.4 is 15.5 Å². The van der Waals surface area contributed by atoms with E-state index in [1.807, 2.05) is 28.8 Å². The highest BCUT2D eigenvalue weighted by atomic mass is 16.5. The molecular weight excluding hydrogens is 366 g/mol. The number of rotatable bonds is 4. The van der Waals surface area contributed by atoms with Gasteiger partial charge in [-0.15, -0.1) is 0 Å². The van der Waals surface area contributed by atoms with Crippen LogP contribution >= 0.6 is 0 Å². The molecule has 3 N–H and O–H groups in total. The lowest BCUT2D eigenvalue weighted by molar-refractivity contribution is 0.122. The summed E-state index contributed by atoms with van der Waals surface area (Å²) in [5, 5.41) is 16.2. The average Bonchev–Trinajstić information content (AvgIpc) is 3.26. The first-order valence-corrected chi connectivity index (χ1v) is 9.77. The Labute approximate surface area is 168 Å². The Morgan fingerprint density at radius 2 is 1.93 bits per heavy atom. The smallest absolute Gasteiger partial charge is 0.161 e. The van der Waals surface area contributed by atoms with E-state index in [4.69, 9.17) is 4.74 Å². The van der Waals surface area contributed by atoms with Gasteiger partial charge in [-0.2, -0.15) is 0 Å². The van der Waals surface area contributed by atoms with Crippen molar-refractivity contribution < 1.29 is 9.84 Å². The number of ether oxygens (including phenoxy) is 1. The summed E-state index contributed by atoms with van der Waals surface area (Å²) in [6.45, 7) is 3.42. The van der Waals surface area contributed by atoms with Gasteiger partial charge in [0.15, 0.2) is 5.65 Å². The zero-order chi connectivity index (χ0) is 19.6. The lowest BCUT2D eigenvalue weighted by Gasteiger charge is -2.29. The number of aromatic nitrogens is 2. The number of anilines is 3. The summed E-state index contributed by atoms with van der Waals surface area (Å²) in [6.07, 6.45) is 8.51. The van der Waals surface area contributed by atoms with Crippen LogP contribution in [0.25, 0.3) is 11.2 Å². The number of fused-ring (bicyclic) bond motifs is 1. The molecule has 1 fully saturated rings. The minimum absolute atomic E-state index is 0.684. The Morgan fingerprint density at radius 3 is 2.72 bits per heavy atom. The number of nitrogens with one attached hydrogen (secondary N) is 2. The van der Waals surface area contributed by atoms with Crippen LogP contribution in [0.1, 0.15) is 5.69 Å². The number of morpholine rings is 1. The quantitative estimate of drug-likeness (QED) is 0.637. The van der Waals surface area contributed by atoms with E-state index in [0.717, 1.165) is 54.6 Å². The van der Waals surface area contributed by atoms with Gasteiger partial charge in [-0.05, 0) is 54.8 Å². The van der Waals surface area contributed by atoms with Crippen LogP contribution in [0.3, 0.4) is 0 Å². The molecule has 5 rings (SSSR count). The van der Waals surface area contributed by atoms with Crippen molar-refractivity contribution in [3.8, 4) is 0 Å². The second-order valence-corrected chi connectivity index (χ2v) is 7.09. The molecule has 1 unspecified atom stereocenters. The van der Waals surface area contributed by atoms with Crippen molar-refractivity contribution in [1.29, 1.82) is 0 Å². The number of hydrogen-bond donors (Lipinski definition) is 3. The number of nitrogens with zero attached hydrogens (tertiary/aromatic N) is 3. The van der Waals surface area contributed by atoms with Crippen molar-refractivity contribution in [1.82, 2.24) is 14.7 Å². The van der Waals surface area contributed by atoms with E-state index in [9.17, 15) is 5.11 Å². The van der Waals surface area contributed by atoms with Crippen LogP contribution in [0.5, 0.6) is 0 Å². The highest BCUT2D eigenvalue weighted by Gasteiger charge is 2.14. The number of hydrogen-bond acceptors (Lipinski definition) is 6. The van der Waals surface area contributed by atoms with Crippen molar-refractivity contribution in [2.24, 2.45) is 0 Å². The van der Waals surface area contributed by atoms with Crippen LogP contribution in [-0.2, 0) is 4.74 Å². The van der Waals surface area contributed by atoms with E-state index in [-0.39, 0.29) is 0 Å². The molecule has 29 heavy (non-hydrogen) atoms. The first-order chi connectivity index (χ1) is 14.3. The summed E-state index contributed by atoms with van der Waals surface area (Å²) in [6, 6.07) is 12.5. The predicted octanol–water partition coefficient (Wildman–Crippen LogP) is 2.73. The Morgan fingerprint density at radius 1 is 1.10 bits per heavy atom. The zero-order valence-electron chi connectivity index (χ0n) is 16.0. The van der Waals surface area contributed by atoms with Crippen LogP contribution in [0.2, 0.25) is 0 Å². The lowest BCUT2D eigenvalue weighted by atomic mass is 10.1. The number of allylic oxidation sites excluding steroid dienone is 2. The van der Waals surface area contributed by atoms with Gasteiger partial charge in [-0.3, -0.25) is 4.40 Å². The number of pyridine rings is 1. The van der Waals surface area contributed by atoms with E-state index in [0.29, 0.717) is 0 Å². The van der Waals surface area contributed by atoms with Crippen LogP contribution in [0, 0.1) is 0 Å². The van der Waals surface area contributed by atoms with Crippen molar-refractivity contribution in [2.45, 2.75) is 6.23 Å². The van der Waals surface area contributed by atoms with Crippen molar-refractivity contribution in [3.63, 3.8) is 0 Å². The van der Waals surface area contributed by atoms with E-state index in [2.05, 4.69) is 44.8 Å². The third kappa shape index (κ3) is 3.57. The molecule has 0 radical (unpaired) electrons. The maximum atomic E-state index is 9.84. The molecule has 0 spiro atoms. The SMILES string of the molecule is OC1C=C(c2ccc(Nc3ccc(N4CCOCC4)cc3)c3nccn23)C=CN1. The van der Waals surface area contributed by atoms with Crippen molar-refractivity contribution in [3.05, 3.63) is 72.8 Å². The largest absolute Gasteiger partial charge is 0.378 e. The third-order valence-electron chi connectivity index (χ3n) is 5.23. The monoisotopic (exact) mass is 389 g/mol. The first-order valence-electron chi connectivity index (χ1n) is 9.77. The van der Waals surface area contributed by atoms with Crippen LogP contribution in [-0.4, -0.2) is 47.0 Å². The molecule has 2 aliphatic rings. The fourth-order valence-corrected chi connectivity index (χ4v) is 3.76. The normalized spacial score (nSPS) is 19.1. The molecule has 0 bridgehead atoms. The highest BCUT2D eigenvalue weighted by molar-refractivity contribution is 5.80. The van der Waals surface area contributed by atoms with Crippen LogP contribution in [0.15, 0.2) is 67.1 Å². The number of imidazole rings is 1. The summed E-state index contributed by atoms with van der Waals surface area (Å²) in [7, 11) is 0. The molecular formula is C22H23N5O2. The molecule has 2 aliphatic heterocycles. The molecule has 1 saturated heterocycles. The fraction of sp³-hybridized carbons (Fsp3) is 0.227. The maximum Gasteiger partial charge on any atom is 0.161 e. The minimum atomic E-state index is -0.684. The highest BCUT2D eigenvalue weighted by Crippen LogP contribution is 2.28. The average molecular weight is 389 g/mol. The number of aliphatic hydroxyl groups excluding tert-OH is 1. The van der Waals surface area contributed by atoms with E-state index in [1.165, 1.54) is 5.69 Å². The molecule has 4 heterocycles. The summed E-state index contributed by atoms with van der Waals surface area (Å²) < 4.78 is 7.45. The van der Waals surface area contributed by atoms with Gasteiger partial charge in [-0.1, -0.05) is 0 Å². The van der Waals surface area contributed by atoms with Crippen molar-refractivity contribution in [2.75, 3.05) is 36.5 Å². The number of aliphatic hydroxyl groups is 1. The standard InChI is InChI=1S/C22H23N5O2/c28-21-15-16(7-8-23-21)20-6-5-19(22-24-9-10-27(20)22)25-17-1-3-18(4-2-17)26-11-13-29-14-12-26/h1-10,15,21,23,25,28H,11-14H2. The Kier molecular flexibility index (Phi) is 4.67. The van der Waals surface area contributed by atoms with Gasteiger partial charge < -0.3 is 25.4 Å². The van der Waals surface area contributed by atoms with Gasteiger partial charge in [0.05, 0.1) is 24.6 Å². The van der Waals surface area contributed by atoms with Gasteiger partial charge in [0.25, 0.3) is 0 Å². The third-order valence-corrected chi connectivity index (χ3v) is 5.23. The summed E-state index contributed by atoms with van der Waals surface area (Å²) in [4.78, 5) is 6.87. The molecule has 0 aliphatic carbocycles. The first kappa shape index (κ1) is 17.8. The van der Waals surface area contributed by atoms with Gasteiger partial charge in [0.1, 0.15) is 6.23 Å². The van der Waals surface area contributed by atoms with E-state index >= 15 is 0 Å². The topological polar surface area (TPSA) is 74.1 Å². The van der Waals surface area contributed by atoms with Gasteiger partial charge in [0.2, 0.25) is 0 Å².